The Hall–Kier alpha value is -0.890. The topological polar surface area (TPSA) is 54.5 Å². The highest BCUT2D eigenvalue weighted by Gasteiger charge is 2.11. The van der Waals surface area contributed by atoms with Crippen LogP contribution in [0.25, 0.3) is 0 Å². The van der Waals surface area contributed by atoms with Gasteiger partial charge in [-0.05, 0) is 29.8 Å². The SMILES string of the molecule is CC(C)n1nnc(Br)c1C#N. The Morgan fingerprint density at radius 1 is 1.64 bits per heavy atom. The van der Waals surface area contributed by atoms with Crippen LogP contribution in [0.3, 0.4) is 0 Å². The van der Waals surface area contributed by atoms with Gasteiger partial charge in [0.15, 0.2) is 10.3 Å². The summed E-state index contributed by atoms with van der Waals surface area (Å²) in [4.78, 5) is 0. The van der Waals surface area contributed by atoms with E-state index < -0.39 is 0 Å². The second kappa shape index (κ2) is 3.01. The number of nitriles is 1. The van der Waals surface area contributed by atoms with Crippen LogP contribution in [0.5, 0.6) is 0 Å². The Bertz CT molecular complexity index is 296. The van der Waals surface area contributed by atoms with Crippen molar-refractivity contribution in [3.8, 4) is 6.07 Å². The molecule has 0 saturated carbocycles. The average molecular weight is 215 g/mol. The van der Waals surface area contributed by atoms with E-state index in [1.807, 2.05) is 19.9 Å². The summed E-state index contributed by atoms with van der Waals surface area (Å²) in [6.45, 7) is 3.89. The van der Waals surface area contributed by atoms with E-state index in [0.717, 1.165) is 0 Å². The first-order valence-electron chi connectivity index (χ1n) is 3.17. The van der Waals surface area contributed by atoms with Crippen molar-refractivity contribution in [2.75, 3.05) is 0 Å². The van der Waals surface area contributed by atoms with E-state index in [1.54, 1.807) is 4.68 Å². The van der Waals surface area contributed by atoms with Crippen molar-refractivity contribution >= 4 is 15.9 Å². The van der Waals surface area contributed by atoms with Gasteiger partial charge in [0.25, 0.3) is 0 Å². The van der Waals surface area contributed by atoms with Crippen molar-refractivity contribution in [3.63, 3.8) is 0 Å². The predicted octanol–water partition coefficient (Wildman–Crippen LogP) is 1.49. The first kappa shape index (κ1) is 8.21. The van der Waals surface area contributed by atoms with Gasteiger partial charge < -0.3 is 0 Å². The van der Waals surface area contributed by atoms with E-state index in [9.17, 15) is 0 Å². The van der Waals surface area contributed by atoms with Crippen LogP contribution >= 0.6 is 15.9 Å². The largest absolute Gasteiger partial charge is 0.231 e. The van der Waals surface area contributed by atoms with Crippen LogP contribution in [0.15, 0.2) is 4.60 Å². The highest BCUT2D eigenvalue weighted by atomic mass is 79.9. The Morgan fingerprint density at radius 3 is 2.64 bits per heavy atom. The predicted molar refractivity (Wildman–Crippen MR) is 42.8 cm³/mol. The molecule has 0 bridgehead atoms. The van der Waals surface area contributed by atoms with Crippen LogP contribution < -0.4 is 0 Å². The zero-order valence-electron chi connectivity index (χ0n) is 6.24. The van der Waals surface area contributed by atoms with E-state index in [1.165, 1.54) is 0 Å². The van der Waals surface area contributed by atoms with Gasteiger partial charge in [0.05, 0.1) is 0 Å². The molecule has 0 amide bonds. The van der Waals surface area contributed by atoms with E-state index in [4.69, 9.17) is 5.26 Å². The van der Waals surface area contributed by atoms with E-state index >= 15 is 0 Å². The third-order valence-electron chi connectivity index (χ3n) is 1.25. The molecule has 0 saturated heterocycles. The average Bonchev–Trinajstić information content (AvgIpc) is 2.30. The minimum absolute atomic E-state index is 0.170. The van der Waals surface area contributed by atoms with Gasteiger partial charge in [0.1, 0.15) is 6.07 Å². The molecule has 0 aliphatic carbocycles. The maximum absolute atomic E-state index is 8.66. The zero-order valence-corrected chi connectivity index (χ0v) is 7.83. The van der Waals surface area contributed by atoms with Crippen molar-refractivity contribution in [2.24, 2.45) is 0 Å². The van der Waals surface area contributed by atoms with E-state index in [-0.39, 0.29) is 6.04 Å². The Balaban J connectivity index is 3.19. The minimum Gasteiger partial charge on any atom is -0.231 e. The zero-order chi connectivity index (χ0) is 8.43. The number of nitrogens with zero attached hydrogens (tertiary/aromatic N) is 4. The Labute approximate surface area is 72.9 Å². The fourth-order valence-electron chi connectivity index (χ4n) is 0.733. The number of halogens is 1. The molecule has 0 radical (unpaired) electrons. The normalized spacial score (nSPS) is 10.1. The van der Waals surface area contributed by atoms with Crippen molar-refractivity contribution in [1.82, 2.24) is 15.0 Å². The summed E-state index contributed by atoms with van der Waals surface area (Å²) in [5, 5.41) is 16.2. The smallest absolute Gasteiger partial charge is 0.173 e. The standard InChI is InChI=1S/C6H7BrN4/c1-4(2)11-5(3-8)6(7)9-10-11/h4H,1-2H3. The van der Waals surface area contributed by atoms with E-state index in [0.29, 0.717) is 10.3 Å². The van der Waals surface area contributed by atoms with Gasteiger partial charge in [-0.2, -0.15) is 5.26 Å². The lowest BCUT2D eigenvalue weighted by atomic mass is 10.4. The lowest BCUT2D eigenvalue weighted by Gasteiger charge is -2.03. The van der Waals surface area contributed by atoms with Crippen LogP contribution in [0, 0.1) is 11.3 Å². The highest BCUT2D eigenvalue weighted by molar-refractivity contribution is 9.10. The number of hydrogen-bond acceptors (Lipinski definition) is 3. The molecular weight excluding hydrogens is 208 g/mol. The fourth-order valence-corrected chi connectivity index (χ4v) is 1.07. The maximum atomic E-state index is 8.66. The Kier molecular flexibility index (Phi) is 2.25. The molecule has 58 valence electrons. The maximum Gasteiger partial charge on any atom is 0.173 e. The lowest BCUT2D eigenvalue weighted by Crippen LogP contribution is -2.05. The molecular formula is C6H7BrN4. The van der Waals surface area contributed by atoms with Crippen molar-refractivity contribution in [3.05, 3.63) is 10.3 Å². The number of rotatable bonds is 1. The van der Waals surface area contributed by atoms with Crippen LogP contribution in [0.4, 0.5) is 0 Å². The summed E-state index contributed by atoms with van der Waals surface area (Å²) in [6.07, 6.45) is 0. The molecule has 0 aliphatic heterocycles. The summed E-state index contributed by atoms with van der Waals surface area (Å²) >= 11 is 3.13. The van der Waals surface area contributed by atoms with Crippen molar-refractivity contribution in [1.29, 1.82) is 5.26 Å². The van der Waals surface area contributed by atoms with Crippen LogP contribution in [0.2, 0.25) is 0 Å². The second-order valence-electron chi connectivity index (χ2n) is 2.38. The van der Waals surface area contributed by atoms with Gasteiger partial charge in [-0.15, -0.1) is 5.10 Å². The first-order valence-corrected chi connectivity index (χ1v) is 3.97. The Morgan fingerprint density at radius 2 is 2.27 bits per heavy atom. The van der Waals surface area contributed by atoms with Gasteiger partial charge in [0.2, 0.25) is 0 Å². The second-order valence-corrected chi connectivity index (χ2v) is 3.13. The molecule has 1 aromatic rings. The molecule has 1 rings (SSSR count). The molecule has 0 N–H and O–H groups in total. The summed E-state index contributed by atoms with van der Waals surface area (Å²) in [5.41, 5.74) is 0.472. The fraction of sp³-hybridized carbons (Fsp3) is 0.500. The summed E-state index contributed by atoms with van der Waals surface area (Å²) in [5.74, 6) is 0. The molecule has 1 heterocycles. The third-order valence-corrected chi connectivity index (χ3v) is 1.78. The quantitative estimate of drug-likeness (QED) is 0.713. The van der Waals surface area contributed by atoms with Crippen molar-refractivity contribution < 1.29 is 0 Å². The monoisotopic (exact) mass is 214 g/mol. The molecule has 4 nitrogen and oxygen atoms in total. The molecule has 0 spiro atoms. The molecule has 0 aromatic carbocycles. The van der Waals surface area contributed by atoms with Crippen LogP contribution in [-0.2, 0) is 0 Å². The van der Waals surface area contributed by atoms with Gasteiger partial charge >= 0.3 is 0 Å². The molecule has 0 unspecified atom stereocenters. The molecule has 0 aliphatic rings. The molecule has 0 atom stereocenters. The first-order chi connectivity index (χ1) is 5.16. The highest BCUT2D eigenvalue weighted by Crippen LogP contribution is 2.14. The minimum atomic E-state index is 0.170. The van der Waals surface area contributed by atoms with Crippen molar-refractivity contribution in [2.45, 2.75) is 19.9 Å². The molecule has 1 aromatic heterocycles. The summed E-state index contributed by atoms with van der Waals surface area (Å²) in [7, 11) is 0. The molecule has 5 heteroatoms. The number of aromatic nitrogens is 3. The van der Waals surface area contributed by atoms with Gasteiger partial charge in [-0.1, -0.05) is 5.21 Å². The van der Waals surface area contributed by atoms with Crippen LogP contribution in [0.1, 0.15) is 25.6 Å². The van der Waals surface area contributed by atoms with Gasteiger partial charge in [0, 0.05) is 6.04 Å². The molecule has 11 heavy (non-hydrogen) atoms. The summed E-state index contributed by atoms with van der Waals surface area (Å²) < 4.78 is 2.08. The van der Waals surface area contributed by atoms with Gasteiger partial charge in [-0.3, -0.25) is 0 Å². The lowest BCUT2D eigenvalue weighted by molar-refractivity contribution is 0.509. The van der Waals surface area contributed by atoms with E-state index in [2.05, 4.69) is 26.2 Å². The number of hydrogen-bond donors (Lipinski definition) is 0. The summed E-state index contributed by atoms with van der Waals surface area (Å²) in [6, 6.07) is 2.19. The third kappa shape index (κ3) is 1.40. The molecule has 0 fully saturated rings. The van der Waals surface area contributed by atoms with Gasteiger partial charge in [-0.25, -0.2) is 4.68 Å². The van der Waals surface area contributed by atoms with Crippen LogP contribution in [-0.4, -0.2) is 15.0 Å².